The second-order valence-corrected chi connectivity index (χ2v) is 5.57. The van der Waals surface area contributed by atoms with Crippen molar-refractivity contribution in [3.05, 3.63) is 36.0 Å². The van der Waals surface area contributed by atoms with Gasteiger partial charge in [0.05, 0.1) is 13.0 Å². The Hall–Kier alpha value is -2.30. The molecule has 0 spiro atoms. The van der Waals surface area contributed by atoms with Gasteiger partial charge in [0.15, 0.2) is 0 Å². The van der Waals surface area contributed by atoms with Crippen molar-refractivity contribution >= 4 is 22.8 Å². The Morgan fingerprint density at radius 1 is 1.36 bits per heavy atom. The number of nitrogens with zero attached hydrogens (tertiary/aromatic N) is 1. The van der Waals surface area contributed by atoms with E-state index in [0.717, 1.165) is 23.7 Å². The van der Waals surface area contributed by atoms with Gasteiger partial charge in [-0.1, -0.05) is 18.2 Å². The van der Waals surface area contributed by atoms with Gasteiger partial charge in [0, 0.05) is 23.5 Å². The maximum atomic E-state index is 12.7. The van der Waals surface area contributed by atoms with Gasteiger partial charge >= 0.3 is 5.97 Å². The van der Waals surface area contributed by atoms with Crippen LogP contribution >= 0.6 is 0 Å². The van der Waals surface area contributed by atoms with Gasteiger partial charge in [0.1, 0.15) is 5.69 Å². The van der Waals surface area contributed by atoms with Crippen molar-refractivity contribution < 1.29 is 14.3 Å². The van der Waals surface area contributed by atoms with Crippen LogP contribution in [0, 0.1) is 0 Å². The van der Waals surface area contributed by atoms with Gasteiger partial charge in [0.25, 0.3) is 5.91 Å². The summed E-state index contributed by atoms with van der Waals surface area (Å²) in [5, 5.41) is 1.02. The Kier molecular flexibility index (Phi) is 4.13. The van der Waals surface area contributed by atoms with Crippen molar-refractivity contribution in [1.29, 1.82) is 0 Å². The number of hydrogen-bond donors (Lipinski definition) is 1. The van der Waals surface area contributed by atoms with E-state index in [0.29, 0.717) is 18.8 Å². The van der Waals surface area contributed by atoms with Crippen molar-refractivity contribution in [1.82, 2.24) is 9.88 Å². The van der Waals surface area contributed by atoms with Crippen LogP contribution in [0.4, 0.5) is 0 Å². The number of likely N-dealkylation sites (tertiary alicyclic amines) is 1. The lowest BCUT2D eigenvalue weighted by Crippen LogP contribution is -2.37. The molecule has 1 aromatic heterocycles. The van der Waals surface area contributed by atoms with E-state index in [9.17, 15) is 9.59 Å². The molecule has 2 aromatic rings. The Balaban J connectivity index is 1.76. The average Bonchev–Trinajstić information content (AvgIpc) is 3.12. The van der Waals surface area contributed by atoms with E-state index < -0.39 is 0 Å². The third-order valence-electron chi connectivity index (χ3n) is 4.11. The van der Waals surface area contributed by atoms with Crippen molar-refractivity contribution in [3.63, 3.8) is 0 Å². The molecule has 1 fully saturated rings. The molecule has 3 rings (SSSR count). The van der Waals surface area contributed by atoms with Crippen LogP contribution in [-0.4, -0.2) is 41.0 Å². The van der Waals surface area contributed by atoms with Crippen LogP contribution < -0.4 is 0 Å². The zero-order valence-electron chi connectivity index (χ0n) is 12.7. The number of aromatic nitrogens is 1. The third kappa shape index (κ3) is 2.84. The predicted molar refractivity (Wildman–Crippen MR) is 83.6 cm³/mol. The normalized spacial score (nSPS) is 17.9. The molecule has 0 bridgehead atoms. The molecule has 1 aliphatic rings. The molecule has 5 nitrogen and oxygen atoms in total. The number of benzene rings is 1. The summed E-state index contributed by atoms with van der Waals surface area (Å²) in [6, 6.07) is 9.63. The molecule has 5 heteroatoms. The zero-order chi connectivity index (χ0) is 15.5. The number of para-hydroxylation sites is 1. The Bertz CT molecular complexity index is 659. The van der Waals surface area contributed by atoms with Crippen LogP contribution in [0.1, 0.15) is 36.7 Å². The topological polar surface area (TPSA) is 62.4 Å². The molecule has 1 aliphatic heterocycles. The highest BCUT2D eigenvalue weighted by atomic mass is 16.5. The van der Waals surface area contributed by atoms with E-state index in [4.69, 9.17) is 4.74 Å². The molecule has 0 aliphatic carbocycles. The lowest BCUT2D eigenvalue weighted by Gasteiger charge is -2.23. The number of ether oxygens (including phenoxy) is 1. The zero-order valence-corrected chi connectivity index (χ0v) is 12.7. The van der Waals surface area contributed by atoms with Crippen LogP contribution in [0.5, 0.6) is 0 Å². The average molecular weight is 300 g/mol. The Labute approximate surface area is 129 Å². The number of esters is 1. The fourth-order valence-electron chi connectivity index (χ4n) is 3.07. The van der Waals surface area contributed by atoms with Crippen LogP contribution in [0.15, 0.2) is 30.3 Å². The lowest BCUT2D eigenvalue weighted by atomic mass is 10.1. The molecule has 1 atom stereocenters. The fraction of sp³-hybridized carbons (Fsp3) is 0.412. The van der Waals surface area contributed by atoms with Crippen LogP contribution in [0.2, 0.25) is 0 Å². The maximum Gasteiger partial charge on any atom is 0.307 e. The number of fused-ring (bicyclic) bond motifs is 1. The van der Waals surface area contributed by atoms with E-state index in [1.165, 1.54) is 0 Å². The molecule has 116 valence electrons. The van der Waals surface area contributed by atoms with Gasteiger partial charge in [-0.05, 0) is 31.9 Å². The van der Waals surface area contributed by atoms with Gasteiger partial charge in [0.2, 0.25) is 0 Å². The van der Waals surface area contributed by atoms with E-state index in [-0.39, 0.29) is 24.3 Å². The van der Waals surface area contributed by atoms with Gasteiger partial charge in [-0.15, -0.1) is 0 Å². The van der Waals surface area contributed by atoms with Gasteiger partial charge < -0.3 is 14.6 Å². The highest BCUT2D eigenvalue weighted by molar-refractivity contribution is 5.98. The standard InChI is InChI=1S/C17H20N2O3/c1-2-22-16(20)11-13-7-5-9-19(13)17(21)15-10-12-6-3-4-8-14(12)18-15/h3-4,6,8,10,13,18H,2,5,7,9,11H2,1H3. The molecule has 1 saturated heterocycles. The highest BCUT2D eigenvalue weighted by Crippen LogP contribution is 2.24. The molecule has 1 N–H and O–H groups in total. The molecule has 0 radical (unpaired) electrons. The summed E-state index contributed by atoms with van der Waals surface area (Å²) in [6.45, 7) is 2.86. The number of nitrogens with one attached hydrogen (secondary N) is 1. The molecular formula is C17H20N2O3. The van der Waals surface area contributed by atoms with Crippen molar-refractivity contribution in [3.8, 4) is 0 Å². The quantitative estimate of drug-likeness (QED) is 0.883. The van der Waals surface area contributed by atoms with Crippen LogP contribution in [0.3, 0.4) is 0 Å². The smallest absolute Gasteiger partial charge is 0.307 e. The minimum atomic E-state index is -0.233. The van der Waals surface area contributed by atoms with Crippen molar-refractivity contribution in [2.45, 2.75) is 32.2 Å². The van der Waals surface area contributed by atoms with E-state index >= 15 is 0 Å². The minimum Gasteiger partial charge on any atom is -0.466 e. The van der Waals surface area contributed by atoms with Gasteiger partial charge in [-0.25, -0.2) is 0 Å². The molecule has 1 unspecified atom stereocenters. The number of carbonyl (C=O) groups excluding carboxylic acids is 2. The molecule has 2 heterocycles. The first-order chi connectivity index (χ1) is 10.7. The fourth-order valence-corrected chi connectivity index (χ4v) is 3.07. The lowest BCUT2D eigenvalue weighted by molar-refractivity contribution is -0.144. The molecule has 22 heavy (non-hydrogen) atoms. The summed E-state index contributed by atoms with van der Waals surface area (Å²) in [5.41, 5.74) is 1.53. The number of rotatable bonds is 4. The first kappa shape index (κ1) is 14.6. The Morgan fingerprint density at radius 3 is 2.95 bits per heavy atom. The van der Waals surface area contributed by atoms with E-state index in [2.05, 4.69) is 4.98 Å². The van der Waals surface area contributed by atoms with E-state index in [1.54, 1.807) is 11.8 Å². The molecule has 1 aromatic carbocycles. The first-order valence-electron chi connectivity index (χ1n) is 7.73. The summed E-state index contributed by atoms with van der Waals surface area (Å²) in [7, 11) is 0. The Morgan fingerprint density at radius 2 is 2.18 bits per heavy atom. The van der Waals surface area contributed by atoms with Crippen LogP contribution in [0.25, 0.3) is 10.9 Å². The molecular weight excluding hydrogens is 280 g/mol. The predicted octanol–water partition coefficient (Wildman–Crippen LogP) is 2.73. The summed E-state index contributed by atoms with van der Waals surface area (Å²) >= 11 is 0. The summed E-state index contributed by atoms with van der Waals surface area (Å²) in [6.07, 6.45) is 2.06. The number of aromatic amines is 1. The third-order valence-corrected chi connectivity index (χ3v) is 4.11. The first-order valence-corrected chi connectivity index (χ1v) is 7.73. The second-order valence-electron chi connectivity index (χ2n) is 5.57. The SMILES string of the molecule is CCOC(=O)CC1CCCN1C(=O)c1cc2ccccc2[nH]1. The maximum absolute atomic E-state index is 12.7. The van der Waals surface area contributed by atoms with Crippen molar-refractivity contribution in [2.75, 3.05) is 13.2 Å². The summed E-state index contributed by atoms with van der Waals surface area (Å²) < 4.78 is 5.00. The number of H-pyrrole nitrogens is 1. The molecule has 1 amide bonds. The molecule has 0 saturated carbocycles. The van der Waals surface area contributed by atoms with Crippen molar-refractivity contribution in [2.24, 2.45) is 0 Å². The largest absolute Gasteiger partial charge is 0.466 e. The number of carbonyl (C=O) groups is 2. The summed E-state index contributed by atoms with van der Waals surface area (Å²) in [4.78, 5) is 29.3. The van der Waals surface area contributed by atoms with Gasteiger partial charge in [-0.2, -0.15) is 0 Å². The summed E-state index contributed by atoms with van der Waals surface area (Å²) in [5.74, 6) is -0.271. The number of hydrogen-bond acceptors (Lipinski definition) is 3. The van der Waals surface area contributed by atoms with Crippen LogP contribution in [-0.2, 0) is 9.53 Å². The monoisotopic (exact) mass is 300 g/mol. The minimum absolute atomic E-state index is 0.0389. The second kappa shape index (κ2) is 6.22. The van der Waals surface area contributed by atoms with Gasteiger partial charge in [-0.3, -0.25) is 9.59 Å². The number of amides is 1. The van der Waals surface area contributed by atoms with E-state index in [1.807, 2.05) is 30.3 Å². The highest BCUT2D eigenvalue weighted by Gasteiger charge is 2.32.